The van der Waals surface area contributed by atoms with Crippen molar-refractivity contribution in [2.75, 3.05) is 38.3 Å². The minimum atomic E-state index is -1.17. The van der Waals surface area contributed by atoms with Gasteiger partial charge in [-0.15, -0.1) is 0 Å². The number of nitriles is 1. The van der Waals surface area contributed by atoms with Crippen molar-refractivity contribution in [1.82, 2.24) is 9.97 Å². The van der Waals surface area contributed by atoms with E-state index in [1.807, 2.05) is 49.1 Å². The summed E-state index contributed by atoms with van der Waals surface area (Å²) in [6.45, 7) is 5.51. The van der Waals surface area contributed by atoms with Gasteiger partial charge in [0.05, 0.1) is 35.9 Å². The summed E-state index contributed by atoms with van der Waals surface area (Å²) in [4.78, 5) is 23.9. The van der Waals surface area contributed by atoms with Crippen molar-refractivity contribution in [2.24, 2.45) is 0 Å². The summed E-state index contributed by atoms with van der Waals surface area (Å²) in [6, 6.07) is 9.43. The van der Waals surface area contributed by atoms with Crippen LogP contribution in [0, 0.1) is 11.3 Å². The van der Waals surface area contributed by atoms with Crippen molar-refractivity contribution in [3.05, 3.63) is 30.0 Å². The molecule has 1 aliphatic heterocycles. The molecule has 0 bridgehead atoms. The Hall–Kier alpha value is -2.76. The van der Waals surface area contributed by atoms with Crippen LogP contribution < -0.4 is 4.90 Å². The maximum atomic E-state index is 12.5. The van der Waals surface area contributed by atoms with Gasteiger partial charge >= 0.3 is 5.97 Å². The number of hydrogen-bond donors (Lipinski definition) is 0. The van der Waals surface area contributed by atoms with Crippen molar-refractivity contribution < 1.29 is 19.0 Å². The van der Waals surface area contributed by atoms with Crippen LogP contribution >= 0.6 is 0 Å². The van der Waals surface area contributed by atoms with Gasteiger partial charge in [-0.2, -0.15) is 5.26 Å². The van der Waals surface area contributed by atoms with Crippen LogP contribution in [0.2, 0.25) is 0 Å². The second-order valence-corrected chi connectivity index (χ2v) is 6.81. The smallest absolute Gasteiger partial charge is 0.329 e. The highest BCUT2D eigenvalue weighted by Crippen LogP contribution is 2.29. The molecule has 0 aliphatic carbocycles. The number of rotatable bonds is 6. The number of ether oxygens (including phenoxy) is 3. The standard InChI is InChI=1S/C20H24N4O4/c1-13-11-24(12-14(2)28-13)19-18(15(10-21)20(25)27-9-8-26-3)22-16-6-4-5-7-17(16)23-19/h4-7,13-15H,8-9,11-12H2,1-3H3/t13-,14+,15-/m1/s1. The fourth-order valence-corrected chi connectivity index (χ4v) is 3.32. The minimum Gasteiger partial charge on any atom is -0.462 e. The first-order chi connectivity index (χ1) is 13.5. The topological polar surface area (TPSA) is 97.6 Å². The van der Waals surface area contributed by atoms with Crippen LogP contribution in [-0.4, -0.2) is 61.6 Å². The Kier molecular flexibility index (Phi) is 6.39. The molecule has 1 aromatic heterocycles. The van der Waals surface area contributed by atoms with E-state index in [-0.39, 0.29) is 25.4 Å². The zero-order valence-corrected chi connectivity index (χ0v) is 16.3. The molecular formula is C20H24N4O4. The molecule has 0 radical (unpaired) electrons. The molecule has 8 heteroatoms. The number of aromatic nitrogens is 2. The Labute approximate surface area is 164 Å². The quantitative estimate of drug-likeness (QED) is 0.551. The summed E-state index contributed by atoms with van der Waals surface area (Å²) < 4.78 is 15.9. The molecule has 0 saturated carbocycles. The van der Waals surface area contributed by atoms with E-state index in [4.69, 9.17) is 19.2 Å². The molecular weight excluding hydrogens is 360 g/mol. The highest BCUT2D eigenvalue weighted by atomic mass is 16.6. The number of esters is 1. The fraction of sp³-hybridized carbons (Fsp3) is 0.500. The number of morpholine rings is 1. The Morgan fingerprint density at radius 1 is 1.25 bits per heavy atom. The van der Waals surface area contributed by atoms with Crippen LogP contribution in [0.15, 0.2) is 24.3 Å². The highest BCUT2D eigenvalue weighted by Gasteiger charge is 2.32. The molecule has 2 heterocycles. The zero-order chi connectivity index (χ0) is 20.1. The third-order valence-electron chi connectivity index (χ3n) is 4.47. The first kappa shape index (κ1) is 20.0. The molecule has 3 atom stereocenters. The number of nitrogens with zero attached hydrogens (tertiary/aromatic N) is 4. The normalized spacial score (nSPS) is 20.6. The van der Waals surface area contributed by atoms with Gasteiger partial charge in [0.15, 0.2) is 11.7 Å². The lowest BCUT2D eigenvalue weighted by Crippen LogP contribution is -2.46. The largest absolute Gasteiger partial charge is 0.462 e. The summed E-state index contributed by atoms with van der Waals surface area (Å²) in [6.07, 6.45) is -0.00174. The van der Waals surface area contributed by atoms with Crippen LogP contribution in [-0.2, 0) is 19.0 Å². The summed E-state index contributed by atoms with van der Waals surface area (Å²) >= 11 is 0. The average Bonchev–Trinajstić information content (AvgIpc) is 2.67. The molecule has 8 nitrogen and oxygen atoms in total. The molecule has 0 spiro atoms. The van der Waals surface area contributed by atoms with E-state index >= 15 is 0 Å². The number of anilines is 1. The molecule has 1 aliphatic rings. The van der Waals surface area contributed by atoms with E-state index < -0.39 is 11.9 Å². The number of para-hydroxylation sites is 2. The second kappa shape index (κ2) is 8.95. The SMILES string of the molecule is COCCOC(=O)[C@H](C#N)c1nc2ccccc2nc1N1C[C@@H](C)O[C@@H](C)C1. The van der Waals surface area contributed by atoms with E-state index in [1.165, 1.54) is 7.11 Å². The predicted octanol–water partition coefficient (Wildman–Crippen LogP) is 2.04. The van der Waals surface area contributed by atoms with Crippen LogP contribution in [0.1, 0.15) is 25.5 Å². The molecule has 148 valence electrons. The summed E-state index contributed by atoms with van der Waals surface area (Å²) in [7, 11) is 1.52. The van der Waals surface area contributed by atoms with Crippen molar-refractivity contribution in [3.8, 4) is 6.07 Å². The molecule has 3 rings (SSSR count). The number of methoxy groups -OCH3 is 1. The molecule has 0 N–H and O–H groups in total. The van der Waals surface area contributed by atoms with E-state index in [2.05, 4.69) is 4.98 Å². The summed E-state index contributed by atoms with van der Waals surface area (Å²) in [5.74, 6) is -1.30. The first-order valence-electron chi connectivity index (χ1n) is 9.25. The third-order valence-corrected chi connectivity index (χ3v) is 4.47. The number of carbonyl (C=O) groups is 1. The van der Waals surface area contributed by atoms with Crippen LogP contribution in [0.4, 0.5) is 5.82 Å². The van der Waals surface area contributed by atoms with E-state index in [1.54, 1.807) is 0 Å². The molecule has 2 aromatic rings. The van der Waals surface area contributed by atoms with Crippen molar-refractivity contribution in [2.45, 2.75) is 32.0 Å². The molecule has 0 amide bonds. The van der Waals surface area contributed by atoms with Gasteiger partial charge in [-0.1, -0.05) is 12.1 Å². The molecule has 28 heavy (non-hydrogen) atoms. The van der Waals surface area contributed by atoms with Crippen LogP contribution in [0.5, 0.6) is 0 Å². The van der Waals surface area contributed by atoms with Crippen LogP contribution in [0.25, 0.3) is 11.0 Å². The fourth-order valence-electron chi connectivity index (χ4n) is 3.32. The lowest BCUT2D eigenvalue weighted by atomic mass is 10.1. The molecule has 0 unspecified atom stereocenters. The van der Waals surface area contributed by atoms with Crippen molar-refractivity contribution in [1.29, 1.82) is 5.26 Å². The molecule has 1 aromatic carbocycles. The molecule has 1 saturated heterocycles. The minimum absolute atomic E-state index is 0.000870. The van der Waals surface area contributed by atoms with Crippen molar-refractivity contribution >= 4 is 22.8 Å². The van der Waals surface area contributed by atoms with Gasteiger partial charge in [0.25, 0.3) is 0 Å². The maximum absolute atomic E-state index is 12.5. The van der Waals surface area contributed by atoms with Gasteiger partial charge in [0, 0.05) is 20.2 Å². The Bertz CT molecular complexity index is 872. The van der Waals surface area contributed by atoms with E-state index in [0.29, 0.717) is 35.6 Å². The Morgan fingerprint density at radius 3 is 2.50 bits per heavy atom. The van der Waals surface area contributed by atoms with Gasteiger partial charge in [0.1, 0.15) is 12.3 Å². The predicted molar refractivity (Wildman–Crippen MR) is 103 cm³/mol. The number of benzene rings is 1. The Morgan fingerprint density at radius 2 is 1.89 bits per heavy atom. The monoisotopic (exact) mass is 384 g/mol. The lowest BCUT2D eigenvalue weighted by Gasteiger charge is -2.37. The lowest BCUT2D eigenvalue weighted by molar-refractivity contribution is -0.145. The van der Waals surface area contributed by atoms with Crippen LogP contribution in [0.3, 0.4) is 0 Å². The number of fused-ring (bicyclic) bond motifs is 1. The molecule has 1 fully saturated rings. The Balaban J connectivity index is 2.03. The van der Waals surface area contributed by atoms with Gasteiger partial charge in [-0.05, 0) is 26.0 Å². The van der Waals surface area contributed by atoms with Gasteiger partial charge in [-0.3, -0.25) is 4.79 Å². The van der Waals surface area contributed by atoms with Gasteiger partial charge in [-0.25, -0.2) is 9.97 Å². The highest BCUT2D eigenvalue weighted by molar-refractivity contribution is 5.85. The van der Waals surface area contributed by atoms with Gasteiger partial charge < -0.3 is 19.1 Å². The summed E-state index contributed by atoms with van der Waals surface area (Å²) in [5.41, 5.74) is 1.64. The van der Waals surface area contributed by atoms with E-state index in [9.17, 15) is 10.1 Å². The average molecular weight is 384 g/mol. The third kappa shape index (κ3) is 4.38. The number of hydrogen-bond acceptors (Lipinski definition) is 8. The van der Waals surface area contributed by atoms with Gasteiger partial charge in [0.2, 0.25) is 0 Å². The maximum Gasteiger partial charge on any atom is 0.329 e. The summed E-state index contributed by atoms with van der Waals surface area (Å²) in [5, 5.41) is 9.71. The second-order valence-electron chi connectivity index (χ2n) is 6.81. The van der Waals surface area contributed by atoms with Crippen molar-refractivity contribution in [3.63, 3.8) is 0 Å². The van der Waals surface area contributed by atoms with E-state index in [0.717, 1.165) is 0 Å². The number of carbonyl (C=O) groups excluding carboxylic acids is 1. The first-order valence-corrected chi connectivity index (χ1v) is 9.25. The zero-order valence-electron chi connectivity index (χ0n) is 16.3.